The normalized spacial score (nSPS) is 18.3. The predicted octanol–water partition coefficient (Wildman–Crippen LogP) is 2.24. The first-order valence-electron chi connectivity index (χ1n) is 8.68. The van der Waals surface area contributed by atoms with Crippen molar-refractivity contribution < 1.29 is 19.1 Å². The van der Waals surface area contributed by atoms with Gasteiger partial charge in [-0.25, -0.2) is 4.79 Å². The summed E-state index contributed by atoms with van der Waals surface area (Å²) in [5.74, 6) is 0.134. The summed E-state index contributed by atoms with van der Waals surface area (Å²) in [6, 6.07) is 11.2. The number of carbonyl (C=O) groups excluding carboxylic acids is 3. The van der Waals surface area contributed by atoms with E-state index in [4.69, 9.17) is 4.74 Å². The smallest absolute Gasteiger partial charge is 0.322 e. The molecule has 1 aromatic heterocycles. The van der Waals surface area contributed by atoms with Crippen molar-refractivity contribution >= 4 is 29.2 Å². The maximum absolute atomic E-state index is 13.0. The SMILES string of the molecule is COc1cc(-c2ccccc2)sc1C(=O)N1CCC2(CC1)NC(=O)NC2=O. The minimum absolute atomic E-state index is 0.112. The molecular formula is C19H19N3O4S. The average Bonchev–Trinajstić information content (AvgIpc) is 3.23. The van der Waals surface area contributed by atoms with Crippen LogP contribution in [0.3, 0.4) is 0 Å². The first-order valence-corrected chi connectivity index (χ1v) is 9.50. The number of hydrogen-bond acceptors (Lipinski definition) is 5. The standard InChI is InChI=1S/C19H19N3O4S/c1-26-13-11-14(12-5-3-2-4-6-12)27-15(13)16(23)22-9-7-19(8-10-22)17(24)20-18(25)21-19/h2-6,11H,7-10H2,1H3,(H2,20,21,24,25). The largest absolute Gasteiger partial charge is 0.495 e. The molecule has 4 rings (SSSR count). The number of nitrogens with one attached hydrogen (secondary N) is 2. The second-order valence-corrected chi connectivity index (χ2v) is 7.71. The highest BCUT2D eigenvalue weighted by Crippen LogP contribution is 2.37. The number of imide groups is 1. The summed E-state index contributed by atoms with van der Waals surface area (Å²) >= 11 is 1.40. The number of ether oxygens (including phenoxy) is 1. The van der Waals surface area contributed by atoms with Gasteiger partial charge in [0.15, 0.2) is 0 Å². The molecule has 27 heavy (non-hydrogen) atoms. The summed E-state index contributed by atoms with van der Waals surface area (Å²) < 4.78 is 5.43. The van der Waals surface area contributed by atoms with Crippen LogP contribution in [-0.4, -0.2) is 48.5 Å². The van der Waals surface area contributed by atoms with Gasteiger partial charge in [0.25, 0.3) is 11.8 Å². The van der Waals surface area contributed by atoms with Gasteiger partial charge in [-0.1, -0.05) is 30.3 Å². The van der Waals surface area contributed by atoms with Crippen LogP contribution in [0.25, 0.3) is 10.4 Å². The molecule has 0 unspecified atom stereocenters. The Morgan fingerprint density at radius 3 is 2.48 bits per heavy atom. The molecule has 2 N–H and O–H groups in total. The first-order chi connectivity index (χ1) is 13.0. The Bertz CT molecular complexity index is 901. The van der Waals surface area contributed by atoms with Gasteiger partial charge in [0, 0.05) is 18.0 Å². The van der Waals surface area contributed by atoms with E-state index in [1.165, 1.54) is 11.3 Å². The highest BCUT2D eigenvalue weighted by Gasteiger charge is 2.48. The fourth-order valence-corrected chi connectivity index (χ4v) is 4.63. The third kappa shape index (κ3) is 3.06. The molecule has 0 atom stereocenters. The molecule has 140 valence electrons. The van der Waals surface area contributed by atoms with Crippen LogP contribution < -0.4 is 15.4 Å². The van der Waals surface area contributed by atoms with Crippen LogP contribution in [0.5, 0.6) is 5.75 Å². The van der Waals surface area contributed by atoms with Crippen LogP contribution in [0.1, 0.15) is 22.5 Å². The summed E-state index contributed by atoms with van der Waals surface area (Å²) in [5.41, 5.74) is 0.144. The van der Waals surface area contributed by atoms with Crippen molar-refractivity contribution in [2.45, 2.75) is 18.4 Å². The minimum Gasteiger partial charge on any atom is -0.495 e. The molecule has 0 saturated carbocycles. The Hall–Kier alpha value is -2.87. The van der Waals surface area contributed by atoms with E-state index < -0.39 is 11.6 Å². The highest BCUT2D eigenvalue weighted by molar-refractivity contribution is 7.17. The van der Waals surface area contributed by atoms with Gasteiger partial charge in [-0.05, 0) is 24.5 Å². The van der Waals surface area contributed by atoms with E-state index in [0.717, 1.165) is 10.4 Å². The van der Waals surface area contributed by atoms with Crippen LogP contribution in [-0.2, 0) is 4.79 Å². The lowest BCUT2D eigenvalue weighted by molar-refractivity contribution is -0.125. The van der Waals surface area contributed by atoms with Gasteiger partial charge in [0.1, 0.15) is 16.2 Å². The molecule has 7 nitrogen and oxygen atoms in total. The second-order valence-electron chi connectivity index (χ2n) is 6.66. The molecule has 0 radical (unpaired) electrons. The lowest BCUT2D eigenvalue weighted by atomic mass is 9.87. The fourth-order valence-electron chi connectivity index (χ4n) is 3.53. The number of rotatable bonds is 3. The van der Waals surface area contributed by atoms with E-state index in [0.29, 0.717) is 36.6 Å². The zero-order valence-corrected chi connectivity index (χ0v) is 15.6. The number of urea groups is 1. The second kappa shape index (κ2) is 6.70. The lowest BCUT2D eigenvalue weighted by Crippen LogP contribution is -2.55. The number of thiophene rings is 1. The third-order valence-electron chi connectivity index (χ3n) is 5.09. The Balaban J connectivity index is 1.53. The minimum atomic E-state index is -0.886. The monoisotopic (exact) mass is 385 g/mol. The molecule has 8 heteroatoms. The van der Waals surface area contributed by atoms with Gasteiger partial charge >= 0.3 is 6.03 Å². The zero-order chi connectivity index (χ0) is 19.0. The zero-order valence-electron chi connectivity index (χ0n) is 14.8. The Labute approximate surface area is 160 Å². The Morgan fingerprint density at radius 2 is 1.89 bits per heavy atom. The number of benzene rings is 1. The quantitative estimate of drug-likeness (QED) is 0.794. The van der Waals surface area contributed by atoms with Crippen molar-refractivity contribution in [1.82, 2.24) is 15.5 Å². The summed E-state index contributed by atoms with van der Waals surface area (Å²) in [6.07, 6.45) is 0.797. The number of amides is 4. The van der Waals surface area contributed by atoms with E-state index in [1.807, 2.05) is 36.4 Å². The Morgan fingerprint density at radius 1 is 1.19 bits per heavy atom. The van der Waals surface area contributed by atoms with Crippen molar-refractivity contribution in [2.75, 3.05) is 20.2 Å². The summed E-state index contributed by atoms with van der Waals surface area (Å²) in [7, 11) is 1.55. The maximum Gasteiger partial charge on any atom is 0.322 e. The van der Waals surface area contributed by atoms with E-state index in [9.17, 15) is 14.4 Å². The van der Waals surface area contributed by atoms with Gasteiger partial charge in [0.2, 0.25) is 0 Å². The Kier molecular flexibility index (Phi) is 4.35. The molecule has 2 fully saturated rings. The van der Waals surface area contributed by atoms with Crippen molar-refractivity contribution in [3.63, 3.8) is 0 Å². The fraction of sp³-hybridized carbons (Fsp3) is 0.316. The lowest BCUT2D eigenvalue weighted by Gasteiger charge is -2.36. The van der Waals surface area contributed by atoms with Gasteiger partial charge in [-0.15, -0.1) is 11.3 Å². The van der Waals surface area contributed by atoms with Gasteiger partial charge < -0.3 is 15.0 Å². The van der Waals surface area contributed by atoms with Crippen LogP contribution >= 0.6 is 11.3 Å². The van der Waals surface area contributed by atoms with Crippen LogP contribution in [0.4, 0.5) is 4.79 Å². The molecule has 0 bridgehead atoms. The number of carbonyl (C=O) groups is 3. The van der Waals surface area contributed by atoms with E-state index >= 15 is 0 Å². The van der Waals surface area contributed by atoms with E-state index in [2.05, 4.69) is 10.6 Å². The number of hydrogen-bond donors (Lipinski definition) is 2. The summed E-state index contributed by atoms with van der Waals surface area (Å²) in [4.78, 5) is 39.8. The average molecular weight is 385 g/mol. The van der Waals surface area contributed by atoms with Crippen LogP contribution in [0, 0.1) is 0 Å². The van der Waals surface area contributed by atoms with Crippen molar-refractivity contribution in [3.05, 3.63) is 41.3 Å². The van der Waals surface area contributed by atoms with Crippen LogP contribution in [0.15, 0.2) is 36.4 Å². The molecule has 1 spiro atoms. The first kappa shape index (κ1) is 17.5. The summed E-state index contributed by atoms with van der Waals surface area (Å²) in [5, 5.41) is 4.99. The molecule has 4 amide bonds. The van der Waals surface area contributed by atoms with E-state index in [1.54, 1.807) is 12.0 Å². The van der Waals surface area contributed by atoms with Crippen LogP contribution in [0.2, 0.25) is 0 Å². The number of piperidine rings is 1. The molecule has 3 heterocycles. The molecule has 2 aliphatic rings. The molecule has 2 saturated heterocycles. The molecule has 2 aromatic rings. The maximum atomic E-state index is 13.0. The highest BCUT2D eigenvalue weighted by atomic mass is 32.1. The van der Waals surface area contributed by atoms with Gasteiger partial charge in [-0.3, -0.25) is 14.9 Å². The number of methoxy groups -OCH3 is 1. The third-order valence-corrected chi connectivity index (χ3v) is 6.24. The molecule has 2 aliphatic heterocycles. The van der Waals surface area contributed by atoms with Crippen molar-refractivity contribution in [3.8, 4) is 16.2 Å². The van der Waals surface area contributed by atoms with E-state index in [-0.39, 0.29) is 11.8 Å². The molecule has 1 aromatic carbocycles. The number of likely N-dealkylation sites (tertiary alicyclic amines) is 1. The topological polar surface area (TPSA) is 87.7 Å². The molecule has 0 aliphatic carbocycles. The van der Waals surface area contributed by atoms with Crippen molar-refractivity contribution in [1.29, 1.82) is 0 Å². The van der Waals surface area contributed by atoms with Gasteiger partial charge in [-0.2, -0.15) is 0 Å². The number of nitrogens with zero attached hydrogens (tertiary/aromatic N) is 1. The van der Waals surface area contributed by atoms with Crippen molar-refractivity contribution in [2.24, 2.45) is 0 Å². The molecular weight excluding hydrogens is 366 g/mol. The summed E-state index contributed by atoms with van der Waals surface area (Å²) in [6.45, 7) is 0.794. The predicted molar refractivity (Wildman–Crippen MR) is 101 cm³/mol. The van der Waals surface area contributed by atoms with Gasteiger partial charge in [0.05, 0.1) is 7.11 Å².